The zero-order valence-electron chi connectivity index (χ0n) is 17.2. The van der Waals surface area contributed by atoms with E-state index in [1.54, 1.807) is 10.9 Å². The van der Waals surface area contributed by atoms with Gasteiger partial charge in [0.15, 0.2) is 0 Å². The van der Waals surface area contributed by atoms with Gasteiger partial charge in [-0.05, 0) is 31.7 Å². The van der Waals surface area contributed by atoms with Gasteiger partial charge in [-0.1, -0.05) is 6.07 Å². The van der Waals surface area contributed by atoms with Crippen LogP contribution in [0, 0.1) is 0 Å². The van der Waals surface area contributed by atoms with Crippen molar-refractivity contribution >= 4 is 16.7 Å². The lowest BCUT2D eigenvalue weighted by molar-refractivity contribution is 0.126. The van der Waals surface area contributed by atoms with E-state index in [0.717, 1.165) is 53.7 Å². The van der Waals surface area contributed by atoms with Crippen molar-refractivity contribution in [3.8, 4) is 17.1 Å². The first-order valence-electron chi connectivity index (χ1n) is 10.3. The summed E-state index contributed by atoms with van der Waals surface area (Å²) in [5.41, 5.74) is 3.04. The molecule has 1 aliphatic carbocycles. The van der Waals surface area contributed by atoms with Crippen molar-refractivity contribution in [1.82, 2.24) is 29.5 Å². The van der Waals surface area contributed by atoms with E-state index in [2.05, 4.69) is 31.1 Å². The maximum Gasteiger partial charge on any atom is 0.213 e. The van der Waals surface area contributed by atoms with E-state index < -0.39 is 0 Å². The van der Waals surface area contributed by atoms with E-state index in [4.69, 9.17) is 9.84 Å². The molecular weight excluding hydrogens is 378 g/mol. The molecule has 0 amide bonds. The van der Waals surface area contributed by atoms with Gasteiger partial charge in [0.05, 0.1) is 17.8 Å². The first kappa shape index (κ1) is 18.6. The Balaban J connectivity index is 1.42. The number of aromatic nitrogens is 6. The first-order valence-corrected chi connectivity index (χ1v) is 10.3. The highest BCUT2D eigenvalue weighted by molar-refractivity contribution is 5.93. The highest BCUT2D eigenvalue weighted by Crippen LogP contribution is 2.36. The van der Waals surface area contributed by atoms with Crippen LogP contribution in [0.3, 0.4) is 0 Å². The molecule has 4 aromatic rings. The minimum atomic E-state index is 0.199. The molecule has 0 saturated heterocycles. The van der Waals surface area contributed by atoms with Crippen molar-refractivity contribution in [2.24, 2.45) is 7.05 Å². The van der Waals surface area contributed by atoms with Gasteiger partial charge >= 0.3 is 0 Å². The largest absolute Gasteiger partial charge is 0.474 e. The van der Waals surface area contributed by atoms with Crippen molar-refractivity contribution in [3.05, 3.63) is 49.1 Å². The zero-order valence-corrected chi connectivity index (χ0v) is 17.2. The summed E-state index contributed by atoms with van der Waals surface area (Å²) in [5.74, 6) is 1.54. The number of hydrogen-bond acceptors (Lipinski definition) is 6. The lowest BCUT2D eigenvalue weighted by Gasteiger charge is -2.29. The van der Waals surface area contributed by atoms with E-state index in [0.29, 0.717) is 11.9 Å². The molecule has 0 aromatic carbocycles. The lowest BCUT2D eigenvalue weighted by Crippen LogP contribution is -2.26. The van der Waals surface area contributed by atoms with Gasteiger partial charge in [0, 0.05) is 55.8 Å². The molecule has 0 aliphatic heterocycles. The van der Waals surface area contributed by atoms with Gasteiger partial charge in [-0.15, -0.1) is 0 Å². The van der Waals surface area contributed by atoms with Crippen LogP contribution in [0.5, 0.6) is 5.88 Å². The fraction of sp³-hybridized carbons (Fsp3) is 0.364. The molecule has 0 atom stereocenters. The SMILES string of the molecule is CNc1cc2c(cn1)c(-c1cnn(C)c1)nn2[C@H]1CC[C@@H](Oc2ccccn2)CC1. The third-order valence-corrected chi connectivity index (χ3v) is 5.74. The third kappa shape index (κ3) is 3.49. The van der Waals surface area contributed by atoms with Crippen LogP contribution >= 0.6 is 0 Å². The topological polar surface area (TPSA) is 82.7 Å². The van der Waals surface area contributed by atoms with Crippen molar-refractivity contribution < 1.29 is 4.74 Å². The standard InChI is InChI=1S/C22H25N7O/c1-23-20-11-19-18(13-25-20)22(15-12-26-28(2)14-15)27-29(19)16-6-8-17(9-7-16)30-21-5-3-4-10-24-21/h3-5,10-14,16-17H,6-9H2,1-2H3,(H,23,25)/t16-,17+. The summed E-state index contributed by atoms with van der Waals surface area (Å²) < 4.78 is 10.0. The van der Waals surface area contributed by atoms with Gasteiger partial charge in [-0.3, -0.25) is 9.36 Å². The van der Waals surface area contributed by atoms with E-state index in [1.165, 1.54) is 0 Å². The summed E-state index contributed by atoms with van der Waals surface area (Å²) >= 11 is 0. The van der Waals surface area contributed by atoms with Crippen LogP contribution in [0.15, 0.2) is 49.1 Å². The summed E-state index contributed by atoms with van der Waals surface area (Å²) in [6.45, 7) is 0. The highest BCUT2D eigenvalue weighted by Gasteiger charge is 2.27. The molecule has 1 aliphatic rings. The van der Waals surface area contributed by atoms with Gasteiger partial charge in [0.25, 0.3) is 0 Å². The maximum absolute atomic E-state index is 6.07. The van der Waals surface area contributed by atoms with Crippen LogP contribution < -0.4 is 10.1 Å². The Morgan fingerprint density at radius 3 is 2.67 bits per heavy atom. The van der Waals surface area contributed by atoms with Crippen LogP contribution in [0.1, 0.15) is 31.7 Å². The number of pyridine rings is 2. The third-order valence-electron chi connectivity index (χ3n) is 5.74. The average Bonchev–Trinajstić information content (AvgIpc) is 3.38. The lowest BCUT2D eigenvalue weighted by atomic mass is 9.93. The maximum atomic E-state index is 6.07. The zero-order chi connectivity index (χ0) is 20.5. The molecule has 5 rings (SSSR count). The smallest absolute Gasteiger partial charge is 0.213 e. The molecule has 4 heterocycles. The molecule has 30 heavy (non-hydrogen) atoms. The molecule has 4 aromatic heterocycles. The quantitative estimate of drug-likeness (QED) is 0.545. The molecule has 0 spiro atoms. The Morgan fingerprint density at radius 2 is 1.97 bits per heavy atom. The summed E-state index contributed by atoms with van der Waals surface area (Å²) in [7, 11) is 3.81. The van der Waals surface area contributed by atoms with Crippen LogP contribution in [-0.2, 0) is 7.05 Å². The second-order valence-electron chi connectivity index (χ2n) is 7.75. The number of hydrogen-bond donors (Lipinski definition) is 1. The van der Waals surface area contributed by atoms with E-state index in [1.807, 2.05) is 50.9 Å². The summed E-state index contributed by atoms with van der Waals surface area (Å²) in [6, 6.07) is 8.18. The fourth-order valence-electron chi connectivity index (χ4n) is 4.20. The number of nitrogens with zero attached hydrogens (tertiary/aromatic N) is 6. The molecule has 1 saturated carbocycles. The number of ether oxygens (including phenoxy) is 1. The summed E-state index contributed by atoms with van der Waals surface area (Å²) in [6.07, 6.45) is 11.7. The van der Waals surface area contributed by atoms with Crippen molar-refractivity contribution in [2.75, 3.05) is 12.4 Å². The van der Waals surface area contributed by atoms with Crippen molar-refractivity contribution in [2.45, 2.75) is 37.8 Å². The Kier molecular flexibility index (Phi) is 4.82. The van der Waals surface area contributed by atoms with E-state index >= 15 is 0 Å². The Bertz CT molecular complexity index is 1140. The van der Waals surface area contributed by atoms with Gasteiger partial charge in [0.1, 0.15) is 17.6 Å². The molecule has 8 heteroatoms. The molecule has 154 valence electrons. The van der Waals surface area contributed by atoms with Crippen LogP contribution in [0.4, 0.5) is 5.82 Å². The number of fused-ring (bicyclic) bond motifs is 1. The molecular formula is C22H25N7O. The molecule has 1 fully saturated rings. The minimum Gasteiger partial charge on any atom is -0.474 e. The Morgan fingerprint density at radius 1 is 1.10 bits per heavy atom. The number of nitrogens with one attached hydrogen (secondary N) is 1. The fourth-order valence-corrected chi connectivity index (χ4v) is 4.20. The molecule has 8 nitrogen and oxygen atoms in total. The predicted octanol–water partition coefficient (Wildman–Crippen LogP) is 3.83. The molecule has 0 radical (unpaired) electrons. The van der Waals surface area contributed by atoms with Crippen molar-refractivity contribution in [1.29, 1.82) is 0 Å². The van der Waals surface area contributed by atoms with E-state index in [-0.39, 0.29) is 6.10 Å². The van der Waals surface area contributed by atoms with Crippen molar-refractivity contribution in [3.63, 3.8) is 0 Å². The molecule has 1 N–H and O–H groups in total. The normalized spacial score (nSPS) is 19.1. The van der Waals surface area contributed by atoms with Gasteiger partial charge in [-0.2, -0.15) is 10.2 Å². The minimum absolute atomic E-state index is 0.199. The molecule has 0 bridgehead atoms. The summed E-state index contributed by atoms with van der Waals surface area (Å²) in [4.78, 5) is 8.80. The second-order valence-corrected chi connectivity index (χ2v) is 7.75. The number of rotatable bonds is 5. The number of aryl methyl sites for hydroxylation is 1. The summed E-state index contributed by atoms with van der Waals surface area (Å²) in [5, 5.41) is 13.5. The average molecular weight is 403 g/mol. The second kappa shape index (κ2) is 7.78. The molecule has 0 unspecified atom stereocenters. The van der Waals surface area contributed by atoms with Gasteiger partial charge in [0.2, 0.25) is 5.88 Å². The first-order chi connectivity index (χ1) is 14.7. The van der Waals surface area contributed by atoms with Crippen LogP contribution in [0.2, 0.25) is 0 Å². The predicted molar refractivity (Wildman–Crippen MR) is 115 cm³/mol. The Labute approximate surface area is 174 Å². The van der Waals surface area contributed by atoms with Crippen LogP contribution in [-0.4, -0.2) is 42.7 Å². The monoisotopic (exact) mass is 403 g/mol. The van der Waals surface area contributed by atoms with Gasteiger partial charge in [-0.25, -0.2) is 9.97 Å². The highest BCUT2D eigenvalue weighted by atomic mass is 16.5. The van der Waals surface area contributed by atoms with E-state index in [9.17, 15) is 0 Å². The Hall–Kier alpha value is -3.42. The van der Waals surface area contributed by atoms with Crippen LogP contribution in [0.25, 0.3) is 22.2 Å². The van der Waals surface area contributed by atoms with Gasteiger partial charge < -0.3 is 10.1 Å². The number of anilines is 1.